The van der Waals surface area contributed by atoms with Crippen LogP contribution in [0.15, 0.2) is 47.4 Å². The Morgan fingerprint density at radius 2 is 1.69 bits per heavy atom. The molecule has 5 N–H and O–H groups in total. The first-order chi connectivity index (χ1) is 16.9. The number of rotatable bonds is 14. The van der Waals surface area contributed by atoms with Gasteiger partial charge in [-0.3, -0.25) is 14.4 Å². The largest absolute Gasteiger partial charge is 0.507 e. The fourth-order valence-electron chi connectivity index (χ4n) is 2.97. The minimum Gasteiger partial charge on any atom is -0.507 e. The van der Waals surface area contributed by atoms with Crippen molar-refractivity contribution in [2.75, 3.05) is 11.5 Å². The Bertz CT molecular complexity index is 1230. The van der Waals surface area contributed by atoms with Crippen molar-refractivity contribution in [2.24, 2.45) is 0 Å². The van der Waals surface area contributed by atoms with E-state index in [1.54, 1.807) is 0 Å². The summed E-state index contributed by atoms with van der Waals surface area (Å²) < 4.78 is 27.3. The Morgan fingerprint density at radius 3 is 2.28 bits per heavy atom. The van der Waals surface area contributed by atoms with Gasteiger partial charge >= 0.3 is 11.9 Å². The standard InChI is InChI=1S/C23H26N2O9S2/c1-2-9-35-13-20(27)18(11-21(28)29)25-22(30)15-5-3-14(4-6-15)12-24-36(33,34)16-7-8-19(26)17(10-16)23(31)32/h3-8,10,18,24,26H,2,9,11-13H2,1H3,(H,25,30)(H,28,29)(H,31,32). The number of Topliss-reactive ketones (excluding diaryl/α,β-unsaturated/α-hetero) is 1. The average Bonchev–Trinajstić information content (AvgIpc) is 2.82. The number of thioether (sulfide) groups is 1. The number of aliphatic carboxylic acids is 1. The molecule has 1 atom stereocenters. The Labute approximate surface area is 212 Å². The zero-order chi connectivity index (χ0) is 26.9. The van der Waals surface area contributed by atoms with Crippen LogP contribution in [0, 0.1) is 0 Å². The van der Waals surface area contributed by atoms with Crippen molar-refractivity contribution in [2.45, 2.75) is 37.2 Å². The predicted octanol–water partition coefficient (Wildman–Crippen LogP) is 1.85. The molecule has 0 aliphatic heterocycles. The van der Waals surface area contributed by atoms with E-state index in [-0.39, 0.29) is 22.8 Å². The highest BCUT2D eigenvalue weighted by Crippen LogP contribution is 2.21. The van der Waals surface area contributed by atoms with Crippen molar-refractivity contribution in [3.8, 4) is 5.75 Å². The molecule has 2 rings (SSSR count). The number of hydrogen-bond donors (Lipinski definition) is 5. The van der Waals surface area contributed by atoms with Gasteiger partial charge in [0, 0.05) is 12.1 Å². The average molecular weight is 539 g/mol. The smallest absolute Gasteiger partial charge is 0.339 e. The lowest BCUT2D eigenvalue weighted by Gasteiger charge is -2.16. The van der Waals surface area contributed by atoms with E-state index in [1.807, 2.05) is 6.92 Å². The van der Waals surface area contributed by atoms with E-state index in [9.17, 15) is 32.7 Å². The molecule has 13 heteroatoms. The maximum Gasteiger partial charge on any atom is 0.339 e. The van der Waals surface area contributed by atoms with Gasteiger partial charge in [-0.1, -0.05) is 19.1 Å². The van der Waals surface area contributed by atoms with Crippen LogP contribution in [0.25, 0.3) is 0 Å². The van der Waals surface area contributed by atoms with Gasteiger partial charge in [0.1, 0.15) is 11.3 Å². The van der Waals surface area contributed by atoms with Crippen LogP contribution in [0.4, 0.5) is 0 Å². The monoisotopic (exact) mass is 538 g/mol. The molecule has 0 heterocycles. The first kappa shape index (κ1) is 28.8. The quantitative estimate of drug-likeness (QED) is 0.222. The van der Waals surface area contributed by atoms with E-state index in [0.29, 0.717) is 5.56 Å². The third kappa shape index (κ3) is 8.36. The van der Waals surface area contributed by atoms with Gasteiger partial charge in [0.25, 0.3) is 5.91 Å². The summed E-state index contributed by atoms with van der Waals surface area (Å²) in [5, 5.41) is 30.1. The molecule has 0 radical (unpaired) electrons. The van der Waals surface area contributed by atoms with Crippen molar-refractivity contribution in [1.29, 1.82) is 0 Å². The van der Waals surface area contributed by atoms with Crippen molar-refractivity contribution in [3.63, 3.8) is 0 Å². The zero-order valence-electron chi connectivity index (χ0n) is 19.3. The second kappa shape index (κ2) is 13.0. The second-order valence-electron chi connectivity index (χ2n) is 7.65. The van der Waals surface area contributed by atoms with Gasteiger partial charge in [0.2, 0.25) is 10.0 Å². The van der Waals surface area contributed by atoms with Gasteiger partial charge in [0.05, 0.1) is 23.1 Å². The third-order valence-corrected chi connectivity index (χ3v) is 7.44. The maximum absolute atomic E-state index is 12.6. The summed E-state index contributed by atoms with van der Waals surface area (Å²) >= 11 is 1.36. The molecule has 0 aliphatic carbocycles. The number of carboxylic acids is 2. The number of carbonyl (C=O) groups is 4. The van der Waals surface area contributed by atoms with Crippen LogP contribution in [0.1, 0.15) is 46.0 Å². The fraction of sp³-hybridized carbons (Fsp3) is 0.304. The SMILES string of the molecule is CCCSCC(=O)C(CC(=O)O)NC(=O)c1ccc(CNS(=O)(=O)c2ccc(O)c(C(=O)O)c2)cc1. The normalized spacial score (nSPS) is 12.0. The fourth-order valence-corrected chi connectivity index (χ4v) is 4.85. The number of nitrogens with one attached hydrogen (secondary N) is 2. The molecule has 2 aromatic rings. The molecule has 1 unspecified atom stereocenters. The number of carbonyl (C=O) groups excluding carboxylic acids is 2. The van der Waals surface area contributed by atoms with Crippen LogP contribution in [-0.2, 0) is 26.2 Å². The lowest BCUT2D eigenvalue weighted by molar-refractivity contribution is -0.139. The number of ketones is 1. The Kier molecular flexibility index (Phi) is 10.4. The van der Waals surface area contributed by atoms with Gasteiger partial charge < -0.3 is 20.6 Å². The summed E-state index contributed by atoms with van der Waals surface area (Å²) in [6, 6.07) is 7.44. The van der Waals surface area contributed by atoms with E-state index in [4.69, 9.17) is 10.2 Å². The molecule has 2 aromatic carbocycles. The summed E-state index contributed by atoms with van der Waals surface area (Å²) in [7, 11) is -4.10. The number of benzene rings is 2. The van der Waals surface area contributed by atoms with Crippen molar-refractivity contribution < 1.29 is 42.9 Å². The van der Waals surface area contributed by atoms with Crippen LogP contribution in [0.2, 0.25) is 0 Å². The lowest BCUT2D eigenvalue weighted by atomic mass is 10.1. The van der Waals surface area contributed by atoms with Gasteiger partial charge in [0.15, 0.2) is 5.78 Å². The topological polar surface area (TPSA) is 187 Å². The molecule has 0 fully saturated rings. The van der Waals surface area contributed by atoms with Crippen LogP contribution in [-0.4, -0.2) is 64.9 Å². The number of amides is 1. The third-order valence-electron chi connectivity index (χ3n) is 4.86. The molecular weight excluding hydrogens is 512 g/mol. The highest BCUT2D eigenvalue weighted by molar-refractivity contribution is 7.99. The Balaban J connectivity index is 2.05. The number of hydrogen-bond acceptors (Lipinski definition) is 8. The van der Waals surface area contributed by atoms with Crippen molar-refractivity contribution >= 4 is 45.4 Å². The molecule has 11 nitrogen and oxygen atoms in total. The molecular formula is C23H26N2O9S2. The van der Waals surface area contributed by atoms with Gasteiger partial charge in [-0.05, 0) is 48.1 Å². The van der Waals surface area contributed by atoms with E-state index in [1.165, 1.54) is 36.0 Å². The summed E-state index contributed by atoms with van der Waals surface area (Å²) in [5.74, 6) is -3.49. The molecule has 0 bridgehead atoms. The van der Waals surface area contributed by atoms with Crippen LogP contribution in [0.3, 0.4) is 0 Å². The van der Waals surface area contributed by atoms with Crippen LogP contribution < -0.4 is 10.0 Å². The van der Waals surface area contributed by atoms with Gasteiger partial charge in [-0.25, -0.2) is 17.9 Å². The number of aromatic hydroxyl groups is 1. The Hall–Kier alpha value is -3.42. The number of phenols is 1. The molecule has 0 saturated heterocycles. The molecule has 36 heavy (non-hydrogen) atoms. The highest BCUT2D eigenvalue weighted by atomic mass is 32.2. The maximum atomic E-state index is 12.6. The van der Waals surface area contributed by atoms with E-state index in [0.717, 1.165) is 30.4 Å². The van der Waals surface area contributed by atoms with Crippen LogP contribution >= 0.6 is 11.8 Å². The number of aromatic carboxylic acids is 1. The molecule has 194 valence electrons. The number of sulfonamides is 1. The molecule has 0 saturated carbocycles. The summed E-state index contributed by atoms with van der Waals surface area (Å²) in [6.07, 6.45) is 0.312. The first-order valence-electron chi connectivity index (χ1n) is 10.7. The van der Waals surface area contributed by atoms with E-state index in [2.05, 4.69) is 10.0 Å². The van der Waals surface area contributed by atoms with Crippen molar-refractivity contribution in [1.82, 2.24) is 10.0 Å². The van der Waals surface area contributed by atoms with E-state index >= 15 is 0 Å². The van der Waals surface area contributed by atoms with Gasteiger partial charge in [-0.15, -0.1) is 0 Å². The minimum absolute atomic E-state index is 0.0835. The highest BCUT2D eigenvalue weighted by Gasteiger charge is 2.24. The summed E-state index contributed by atoms with van der Waals surface area (Å²) in [5.41, 5.74) is 0.0639. The molecule has 0 aliphatic rings. The van der Waals surface area contributed by atoms with Crippen LogP contribution in [0.5, 0.6) is 5.75 Å². The summed E-state index contributed by atoms with van der Waals surface area (Å²) in [4.78, 5) is 46.8. The molecule has 0 spiro atoms. The Morgan fingerprint density at radius 1 is 1.03 bits per heavy atom. The first-order valence-corrected chi connectivity index (χ1v) is 13.4. The molecule has 1 amide bonds. The second-order valence-corrected chi connectivity index (χ2v) is 10.5. The molecule has 0 aromatic heterocycles. The minimum atomic E-state index is -4.10. The lowest BCUT2D eigenvalue weighted by Crippen LogP contribution is -2.43. The number of carboxylic acid groups (broad SMARTS) is 2. The van der Waals surface area contributed by atoms with Gasteiger partial charge in [-0.2, -0.15) is 11.8 Å². The summed E-state index contributed by atoms with van der Waals surface area (Å²) in [6.45, 7) is 1.77. The predicted molar refractivity (Wildman–Crippen MR) is 132 cm³/mol. The van der Waals surface area contributed by atoms with E-state index < -0.39 is 57.4 Å². The van der Waals surface area contributed by atoms with Crippen molar-refractivity contribution in [3.05, 3.63) is 59.2 Å². The zero-order valence-corrected chi connectivity index (χ0v) is 20.9.